The van der Waals surface area contributed by atoms with Gasteiger partial charge < -0.3 is 10.6 Å². The Morgan fingerprint density at radius 3 is 2.84 bits per heavy atom. The molecule has 1 fully saturated rings. The molecule has 0 aromatic heterocycles. The highest BCUT2D eigenvalue weighted by Gasteiger charge is 2.44. The topological polar surface area (TPSA) is 24.1 Å². The quantitative estimate of drug-likeness (QED) is 0.847. The van der Waals surface area contributed by atoms with Crippen LogP contribution in [0, 0.1) is 17.3 Å². The monoisotopic (exact) mass is 258 g/mol. The number of hydrogen-bond acceptors (Lipinski definition) is 2. The van der Waals surface area contributed by atoms with Crippen molar-refractivity contribution in [2.75, 3.05) is 25.0 Å². The molecule has 104 valence electrons. The zero-order valence-corrected chi connectivity index (χ0v) is 12.2. The minimum Gasteiger partial charge on any atom is -0.384 e. The van der Waals surface area contributed by atoms with Crippen molar-refractivity contribution in [2.45, 2.75) is 33.1 Å². The Labute approximate surface area is 117 Å². The highest BCUT2D eigenvalue weighted by Crippen LogP contribution is 2.51. The summed E-state index contributed by atoms with van der Waals surface area (Å²) < 4.78 is 0. The van der Waals surface area contributed by atoms with Crippen LogP contribution in [0.3, 0.4) is 0 Å². The van der Waals surface area contributed by atoms with Crippen molar-refractivity contribution in [3.63, 3.8) is 0 Å². The van der Waals surface area contributed by atoms with Crippen molar-refractivity contribution in [3.05, 3.63) is 29.8 Å². The van der Waals surface area contributed by atoms with Crippen LogP contribution in [0.2, 0.25) is 0 Å². The number of para-hydroxylation sites is 1. The second kappa shape index (κ2) is 5.16. The van der Waals surface area contributed by atoms with E-state index in [4.69, 9.17) is 0 Å². The van der Waals surface area contributed by atoms with Crippen LogP contribution in [0.4, 0.5) is 5.69 Å². The lowest BCUT2D eigenvalue weighted by Gasteiger charge is -2.28. The first-order valence-electron chi connectivity index (χ1n) is 7.72. The zero-order valence-electron chi connectivity index (χ0n) is 12.2. The predicted octanol–water partition coefficient (Wildman–Crippen LogP) is 3.30. The summed E-state index contributed by atoms with van der Waals surface area (Å²) in [6.07, 6.45) is 4.05. The molecule has 0 saturated heterocycles. The highest BCUT2D eigenvalue weighted by atomic mass is 14.9. The number of hydrogen-bond donors (Lipinski definition) is 2. The number of rotatable bonds is 5. The molecule has 2 N–H and O–H groups in total. The fraction of sp³-hybridized carbons (Fsp3) is 0.647. The Morgan fingerprint density at radius 2 is 2.11 bits per heavy atom. The van der Waals surface area contributed by atoms with E-state index in [9.17, 15) is 0 Å². The molecule has 1 atom stereocenters. The molecule has 1 aromatic rings. The van der Waals surface area contributed by atoms with Crippen LogP contribution < -0.4 is 10.6 Å². The normalized spacial score (nSPS) is 23.8. The van der Waals surface area contributed by atoms with Gasteiger partial charge in [0.2, 0.25) is 0 Å². The standard InChI is InChI=1S/C17H26N2/c1-13(2)17(7-8-17)12-18-10-14-9-15-5-3-4-6-16(15)19-11-14/h3-6,13-14,18-19H,7-12H2,1-2H3. The van der Waals surface area contributed by atoms with Crippen molar-refractivity contribution in [1.29, 1.82) is 0 Å². The summed E-state index contributed by atoms with van der Waals surface area (Å²) in [6, 6.07) is 8.71. The number of nitrogens with one attached hydrogen (secondary N) is 2. The van der Waals surface area contributed by atoms with Crippen LogP contribution >= 0.6 is 0 Å². The van der Waals surface area contributed by atoms with Gasteiger partial charge in [-0.1, -0.05) is 32.0 Å². The zero-order chi connectivity index (χ0) is 13.3. The van der Waals surface area contributed by atoms with Crippen molar-refractivity contribution >= 4 is 5.69 Å². The van der Waals surface area contributed by atoms with E-state index in [0.717, 1.165) is 24.9 Å². The molecule has 2 nitrogen and oxygen atoms in total. The van der Waals surface area contributed by atoms with Gasteiger partial charge in [-0.05, 0) is 54.7 Å². The number of fused-ring (bicyclic) bond motifs is 1. The summed E-state index contributed by atoms with van der Waals surface area (Å²) in [6.45, 7) is 8.21. The summed E-state index contributed by atoms with van der Waals surface area (Å²) in [5.41, 5.74) is 3.44. The second-order valence-corrected chi connectivity index (χ2v) is 6.76. The van der Waals surface area contributed by atoms with Crippen LogP contribution in [0.1, 0.15) is 32.3 Å². The van der Waals surface area contributed by atoms with E-state index in [1.54, 1.807) is 0 Å². The molecule has 1 aromatic carbocycles. The van der Waals surface area contributed by atoms with Gasteiger partial charge in [0.1, 0.15) is 0 Å². The molecule has 2 aliphatic rings. The molecular weight excluding hydrogens is 232 g/mol. The van der Waals surface area contributed by atoms with Gasteiger partial charge in [0.25, 0.3) is 0 Å². The third kappa shape index (κ3) is 2.79. The Balaban J connectivity index is 1.48. The average molecular weight is 258 g/mol. The lowest BCUT2D eigenvalue weighted by atomic mass is 9.91. The van der Waals surface area contributed by atoms with Gasteiger partial charge >= 0.3 is 0 Å². The molecule has 1 aliphatic carbocycles. The van der Waals surface area contributed by atoms with E-state index in [2.05, 4.69) is 48.7 Å². The van der Waals surface area contributed by atoms with E-state index in [0.29, 0.717) is 5.41 Å². The summed E-state index contributed by atoms with van der Waals surface area (Å²) >= 11 is 0. The second-order valence-electron chi connectivity index (χ2n) is 6.76. The Bertz CT molecular complexity index is 435. The molecule has 3 rings (SSSR count). The van der Waals surface area contributed by atoms with Crippen molar-refractivity contribution in [2.24, 2.45) is 17.3 Å². The first-order chi connectivity index (χ1) is 9.20. The maximum Gasteiger partial charge on any atom is 0.0372 e. The molecule has 1 heterocycles. The van der Waals surface area contributed by atoms with Gasteiger partial charge in [0.05, 0.1) is 0 Å². The number of benzene rings is 1. The third-order valence-corrected chi connectivity index (χ3v) is 5.13. The molecule has 0 bridgehead atoms. The maximum atomic E-state index is 3.73. The Morgan fingerprint density at radius 1 is 1.32 bits per heavy atom. The van der Waals surface area contributed by atoms with Gasteiger partial charge in [-0.15, -0.1) is 0 Å². The Hall–Kier alpha value is -1.02. The molecule has 1 saturated carbocycles. The fourth-order valence-electron chi connectivity index (χ4n) is 3.30. The summed E-state index contributed by atoms with van der Waals surface area (Å²) in [7, 11) is 0. The molecule has 0 amide bonds. The largest absolute Gasteiger partial charge is 0.384 e. The van der Waals surface area contributed by atoms with Crippen LogP contribution in [-0.4, -0.2) is 19.6 Å². The lowest BCUT2D eigenvalue weighted by Crippen LogP contribution is -2.36. The molecule has 1 aliphatic heterocycles. The van der Waals surface area contributed by atoms with Gasteiger partial charge in [0, 0.05) is 18.8 Å². The van der Waals surface area contributed by atoms with Crippen molar-refractivity contribution in [3.8, 4) is 0 Å². The maximum absolute atomic E-state index is 3.73. The van der Waals surface area contributed by atoms with Gasteiger partial charge in [-0.2, -0.15) is 0 Å². The smallest absolute Gasteiger partial charge is 0.0372 e. The Kier molecular flexibility index (Phi) is 3.53. The first kappa shape index (κ1) is 13.0. The SMILES string of the molecule is CC(C)C1(CNCC2CNc3ccccc3C2)CC1. The molecule has 0 radical (unpaired) electrons. The van der Waals surface area contributed by atoms with E-state index in [1.165, 1.54) is 37.1 Å². The lowest BCUT2D eigenvalue weighted by molar-refractivity contribution is 0.326. The summed E-state index contributed by atoms with van der Waals surface area (Å²) in [4.78, 5) is 0. The first-order valence-corrected chi connectivity index (χ1v) is 7.72. The molecule has 19 heavy (non-hydrogen) atoms. The van der Waals surface area contributed by atoms with Crippen LogP contribution in [-0.2, 0) is 6.42 Å². The third-order valence-electron chi connectivity index (χ3n) is 5.13. The summed E-state index contributed by atoms with van der Waals surface area (Å²) in [5.74, 6) is 1.56. The minimum atomic E-state index is 0.625. The average Bonchev–Trinajstić information content (AvgIpc) is 3.20. The van der Waals surface area contributed by atoms with Gasteiger partial charge in [0.15, 0.2) is 0 Å². The van der Waals surface area contributed by atoms with E-state index >= 15 is 0 Å². The molecule has 1 unspecified atom stereocenters. The summed E-state index contributed by atoms with van der Waals surface area (Å²) in [5, 5.41) is 7.29. The highest BCUT2D eigenvalue weighted by molar-refractivity contribution is 5.53. The molecular formula is C17H26N2. The molecule has 0 spiro atoms. The number of anilines is 1. The minimum absolute atomic E-state index is 0.625. The van der Waals surface area contributed by atoms with Gasteiger partial charge in [-0.3, -0.25) is 0 Å². The predicted molar refractivity (Wildman–Crippen MR) is 81.5 cm³/mol. The van der Waals surface area contributed by atoms with Crippen molar-refractivity contribution in [1.82, 2.24) is 5.32 Å². The van der Waals surface area contributed by atoms with Crippen LogP contribution in [0.15, 0.2) is 24.3 Å². The van der Waals surface area contributed by atoms with Gasteiger partial charge in [-0.25, -0.2) is 0 Å². The molecule has 2 heteroatoms. The van der Waals surface area contributed by atoms with E-state index in [1.807, 2.05) is 0 Å². The van der Waals surface area contributed by atoms with Crippen molar-refractivity contribution < 1.29 is 0 Å². The van der Waals surface area contributed by atoms with Crippen LogP contribution in [0.5, 0.6) is 0 Å². The van der Waals surface area contributed by atoms with E-state index < -0.39 is 0 Å². The van der Waals surface area contributed by atoms with E-state index in [-0.39, 0.29) is 0 Å². The fourth-order valence-corrected chi connectivity index (χ4v) is 3.30. The van der Waals surface area contributed by atoms with Crippen LogP contribution in [0.25, 0.3) is 0 Å².